The zero-order chi connectivity index (χ0) is 12.1. The molecule has 0 heterocycles. The van der Waals surface area contributed by atoms with Crippen LogP contribution in [0.25, 0.3) is 0 Å². The second-order valence-electron chi connectivity index (χ2n) is 3.76. The fraction of sp³-hybridized carbons (Fsp3) is 0.385. The summed E-state index contributed by atoms with van der Waals surface area (Å²) in [7, 11) is 0. The monoisotopic (exact) mass is 220 g/mol. The van der Waals surface area contributed by atoms with Gasteiger partial charge in [-0.1, -0.05) is 26.0 Å². The molecule has 0 saturated carbocycles. The van der Waals surface area contributed by atoms with E-state index in [-0.39, 0.29) is 11.7 Å². The molecular formula is C13H16O3. The molecule has 0 radical (unpaired) electrons. The summed E-state index contributed by atoms with van der Waals surface area (Å²) in [5, 5.41) is 0. The number of Topliss-reactive ketones (excluding diaryl/α,β-unsaturated/α-hetero) is 1. The molecule has 3 heteroatoms. The molecule has 0 fully saturated rings. The number of para-hydroxylation sites is 1. The van der Waals surface area contributed by atoms with E-state index in [0.29, 0.717) is 11.3 Å². The number of benzene rings is 1. The maximum absolute atomic E-state index is 12.0. The van der Waals surface area contributed by atoms with E-state index in [1.54, 1.807) is 24.3 Å². The third-order valence-corrected chi connectivity index (χ3v) is 2.47. The molecule has 1 unspecified atom stereocenters. The number of hydrogen-bond acceptors (Lipinski definition) is 3. The molecule has 0 N–H and O–H groups in total. The van der Waals surface area contributed by atoms with Crippen molar-refractivity contribution in [1.29, 1.82) is 0 Å². The SMILES string of the molecule is CCC(C)C(=O)c1ccccc1OC(C)=O. The van der Waals surface area contributed by atoms with Crippen molar-refractivity contribution in [2.24, 2.45) is 5.92 Å². The van der Waals surface area contributed by atoms with Crippen LogP contribution in [0.2, 0.25) is 0 Å². The Labute approximate surface area is 95.4 Å². The van der Waals surface area contributed by atoms with Gasteiger partial charge < -0.3 is 4.74 Å². The molecule has 1 atom stereocenters. The highest BCUT2D eigenvalue weighted by atomic mass is 16.5. The molecule has 16 heavy (non-hydrogen) atoms. The van der Waals surface area contributed by atoms with Gasteiger partial charge in [-0.05, 0) is 18.6 Å². The summed E-state index contributed by atoms with van der Waals surface area (Å²) in [5.41, 5.74) is 0.479. The van der Waals surface area contributed by atoms with Gasteiger partial charge >= 0.3 is 5.97 Å². The lowest BCUT2D eigenvalue weighted by molar-refractivity contribution is -0.131. The normalized spacial score (nSPS) is 11.9. The van der Waals surface area contributed by atoms with Crippen molar-refractivity contribution in [3.05, 3.63) is 29.8 Å². The van der Waals surface area contributed by atoms with Gasteiger partial charge in [0, 0.05) is 12.8 Å². The first-order valence-electron chi connectivity index (χ1n) is 5.38. The molecule has 1 rings (SSSR count). The van der Waals surface area contributed by atoms with Crippen LogP contribution in [0.3, 0.4) is 0 Å². The number of carbonyl (C=O) groups is 2. The Bertz CT molecular complexity index is 396. The summed E-state index contributed by atoms with van der Waals surface area (Å²) in [5.74, 6) is -0.110. The van der Waals surface area contributed by atoms with Gasteiger partial charge in [-0.3, -0.25) is 9.59 Å². The van der Waals surface area contributed by atoms with Crippen LogP contribution in [0.4, 0.5) is 0 Å². The fourth-order valence-electron chi connectivity index (χ4n) is 1.36. The predicted molar refractivity (Wildman–Crippen MR) is 61.5 cm³/mol. The second kappa shape index (κ2) is 5.45. The Kier molecular flexibility index (Phi) is 4.23. The van der Waals surface area contributed by atoms with Crippen LogP contribution in [0.15, 0.2) is 24.3 Å². The first kappa shape index (κ1) is 12.4. The van der Waals surface area contributed by atoms with Crippen molar-refractivity contribution < 1.29 is 14.3 Å². The van der Waals surface area contributed by atoms with Gasteiger partial charge in [0.15, 0.2) is 5.78 Å². The highest BCUT2D eigenvalue weighted by Gasteiger charge is 2.18. The van der Waals surface area contributed by atoms with Gasteiger partial charge in [0.05, 0.1) is 5.56 Å². The van der Waals surface area contributed by atoms with E-state index in [4.69, 9.17) is 4.74 Å². The fourth-order valence-corrected chi connectivity index (χ4v) is 1.36. The maximum Gasteiger partial charge on any atom is 0.308 e. The summed E-state index contributed by atoms with van der Waals surface area (Å²) >= 11 is 0. The molecule has 0 amide bonds. The van der Waals surface area contributed by atoms with E-state index in [2.05, 4.69) is 0 Å². The van der Waals surface area contributed by atoms with Crippen LogP contribution < -0.4 is 4.74 Å². The quantitative estimate of drug-likeness (QED) is 0.445. The van der Waals surface area contributed by atoms with Crippen LogP contribution in [0.5, 0.6) is 5.75 Å². The smallest absolute Gasteiger partial charge is 0.308 e. The minimum atomic E-state index is -0.413. The van der Waals surface area contributed by atoms with Crippen LogP contribution in [-0.4, -0.2) is 11.8 Å². The maximum atomic E-state index is 12.0. The average molecular weight is 220 g/mol. The van der Waals surface area contributed by atoms with Gasteiger partial charge in [0.2, 0.25) is 0 Å². The van der Waals surface area contributed by atoms with E-state index in [0.717, 1.165) is 6.42 Å². The van der Waals surface area contributed by atoms with Gasteiger partial charge in [-0.25, -0.2) is 0 Å². The molecule has 0 aliphatic heterocycles. The summed E-state index contributed by atoms with van der Waals surface area (Å²) in [6.07, 6.45) is 0.771. The van der Waals surface area contributed by atoms with E-state index < -0.39 is 5.97 Å². The van der Waals surface area contributed by atoms with Gasteiger partial charge in [0.1, 0.15) is 5.75 Å². The minimum Gasteiger partial charge on any atom is -0.426 e. The summed E-state index contributed by atoms with van der Waals surface area (Å²) in [6, 6.07) is 6.83. The minimum absolute atomic E-state index is 0.0133. The first-order valence-corrected chi connectivity index (χ1v) is 5.38. The summed E-state index contributed by atoms with van der Waals surface area (Å²) in [6.45, 7) is 5.15. The number of ether oxygens (including phenoxy) is 1. The van der Waals surface area contributed by atoms with E-state index in [1.165, 1.54) is 6.92 Å². The van der Waals surface area contributed by atoms with Crippen molar-refractivity contribution in [3.8, 4) is 5.75 Å². The number of esters is 1. The average Bonchev–Trinajstić information content (AvgIpc) is 2.27. The zero-order valence-electron chi connectivity index (χ0n) is 9.82. The second-order valence-corrected chi connectivity index (χ2v) is 3.76. The van der Waals surface area contributed by atoms with Gasteiger partial charge in [0.25, 0.3) is 0 Å². The highest BCUT2D eigenvalue weighted by molar-refractivity contribution is 6.00. The highest BCUT2D eigenvalue weighted by Crippen LogP contribution is 2.22. The lowest BCUT2D eigenvalue weighted by atomic mass is 9.96. The van der Waals surface area contributed by atoms with Crippen LogP contribution >= 0.6 is 0 Å². The molecule has 1 aromatic carbocycles. The summed E-state index contributed by atoms with van der Waals surface area (Å²) in [4.78, 5) is 22.9. The Morgan fingerprint density at radius 1 is 1.31 bits per heavy atom. The topological polar surface area (TPSA) is 43.4 Å². The van der Waals surface area contributed by atoms with Crippen molar-refractivity contribution >= 4 is 11.8 Å². The van der Waals surface area contributed by atoms with E-state index in [9.17, 15) is 9.59 Å². The predicted octanol–water partition coefficient (Wildman–Crippen LogP) is 2.84. The Morgan fingerprint density at radius 3 is 2.50 bits per heavy atom. The molecule has 0 bridgehead atoms. The molecule has 0 spiro atoms. The molecule has 0 saturated heterocycles. The molecular weight excluding hydrogens is 204 g/mol. The molecule has 0 aliphatic rings. The first-order chi connectivity index (χ1) is 7.56. The lowest BCUT2D eigenvalue weighted by Crippen LogP contribution is -2.13. The number of ketones is 1. The largest absolute Gasteiger partial charge is 0.426 e. The Morgan fingerprint density at radius 2 is 1.94 bits per heavy atom. The molecule has 86 valence electrons. The zero-order valence-corrected chi connectivity index (χ0v) is 9.82. The Balaban J connectivity index is 3.03. The molecule has 0 aromatic heterocycles. The van der Waals surface area contributed by atoms with E-state index >= 15 is 0 Å². The Hall–Kier alpha value is -1.64. The van der Waals surface area contributed by atoms with Crippen molar-refractivity contribution in [1.82, 2.24) is 0 Å². The van der Waals surface area contributed by atoms with Gasteiger partial charge in [-0.2, -0.15) is 0 Å². The number of carbonyl (C=O) groups excluding carboxylic acids is 2. The van der Waals surface area contributed by atoms with Crippen LogP contribution in [0.1, 0.15) is 37.6 Å². The third kappa shape index (κ3) is 2.92. The van der Waals surface area contributed by atoms with Crippen molar-refractivity contribution in [3.63, 3.8) is 0 Å². The van der Waals surface area contributed by atoms with Crippen molar-refractivity contribution in [2.45, 2.75) is 27.2 Å². The number of rotatable bonds is 4. The lowest BCUT2D eigenvalue weighted by Gasteiger charge is -2.11. The third-order valence-electron chi connectivity index (χ3n) is 2.47. The van der Waals surface area contributed by atoms with E-state index in [1.807, 2.05) is 13.8 Å². The molecule has 0 aliphatic carbocycles. The molecule has 1 aromatic rings. The van der Waals surface area contributed by atoms with Gasteiger partial charge in [-0.15, -0.1) is 0 Å². The van der Waals surface area contributed by atoms with Crippen LogP contribution in [-0.2, 0) is 4.79 Å². The standard InChI is InChI=1S/C13H16O3/c1-4-9(2)13(15)11-7-5-6-8-12(11)16-10(3)14/h5-9H,4H2,1-3H3. The summed E-state index contributed by atoms with van der Waals surface area (Å²) < 4.78 is 5.00. The van der Waals surface area contributed by atoms with Crippen LogP contribution in [0, 0.1) is 5.92 Å². The number of hydrogen-bond donors (Lipinski definition) is 0. The van der Waals surface area contributed by atoms with Crippen molar-refractivity contribution in [2.75, 3.05) is 0 Å². The molecule has 3 nitrogen and oxygen atoms in total.